The first-order valence-corrected chi connectivity index (χ1v) is 7.97. The number of amides is 2. The molecule has 138 valence electrons. The Bertz CT molecular complexity index is 965. The lowest BCUT2D eigenvalue weighted by atomic mass is 9.95. The predicted octanol–water partition coefficient (Wildman–Crippen LogP) is 1.90. The summed E-state index contributed by atoms with van der Waals surface area (Å²) in [6.45, 7) is 1.53. The highest BCUT2D eigenvalue weighted by Crippen LogP contribution is 2.34. The van der Waals surface area contributed by atoms with Crippen LogP contribution in [-0.2, 0) is 16.1 Å². The second kappa shape index (κ2) is 7.41. The van der Waals surface area contributed by atoms with Crippen molar-refractivity contribution in [2.45, 2.75) is 19.4 Å². The quantitative estimate of drug-likeness (QED) is 0.658. The van der Waals surface area contributed by atoms with Crippen LogP contribution in [0.3, 0.4) is 0 Å². The molecule has 0 aliphatic carbocycles. The molecule has 1 unspecified atom stereocenters. The Morgan fingerprint density at radius 1 is 1.30 bits per heavy atom. The van der Waals surface area contributed by atoms with E-state index >= 15 is 0 Å². The number of nitrogens with one attached hydrogen (secondary N) is 1. The molecule has 1 saturated heterocycles. The van der Waals surface area contributed by atoms with Crippen molar-refractivity contribution in [1.29, 1.82) is 0 Å². The summed E-state index contributed by atoms with van der Waals surface area (Å²) in [7, 11) is 1.32. The van der Waals surface area contributed by atoms with Crippen molar-refractivity contribution in [2.75, 3.05) is 7.11 Å². The molecule has 3 rings (SSSR count). The molecule has 1 aromatic heterocycles. The Labute approximate surface area is 154 Å². The van der Waals surface area contributed by atoms with Crippen LogP contribution in [0.2, 0.25) is 0 Å². The van der Waals surface area contributed by atoms with Gasteiger partial charge >= 0.3 is 0 Å². The summed E-state index contributed by atoms with van der Waals surface area (Å²) in [5.41, 5.74) is 2.97. The maximum Gasteiger partial charge on any atom is 0.258 e. The van der Waals surface area contributed by atoms with E-state index < -0.39 is 29.4 Å². The van der Waals surface area contributed by atoms with E-state index in [1.807, 2.05) is 0 Å². The number of hydrazine groups is 1. The molecule has 1 aliphatic rings. The summed E-state index contributed by atoms with van der Waals surface area (Å²) in [4.78, 5) is 28.9. The molecule has 8 heteroatoms. The van der Waals surface area contributed by atoms with Crippen molar-refractivity contribution >= 4 is 11.8 Å². The average molecular weight is 371 g/mol. The molecule has 2 aromatic rings. The maximum atomic E-state index is 14.7. The fraction of sp³-hybridized carbons (Fsp3) is 0.211. The number of carbonyl (C=O) groups is 2. The third-order valence-electron chi connectivity index (χ3n) is 4.00. The van der Waals surface area contributed by atoms with Gasteiger partial charge in [0.2, 0.25) is 0 Å². The molecule has 1 aliphatic heterocycles. The van der Waals surface area contributed by atoms with E-state index in [4.69, 9.17) is 4.74 Å². The lowest BCUT2D eigenvalue weighted by Gasteiger charge is -2.16. The van der Waals surface area contributed by atoms with Gasteiger partial charge in [-0.1, -0.05) is 5.92 Å². The van der Waals surface area contributed by atoms with Crippen LogP contribution in [0.15, 0.2) is 30.5 Å². The number of rotatable bonds is 4. The zero-order valence-electron chi connectivity index (χ0n) is 14.5. The Balaban J connectivity index is 1.93. The zero-order valence-corrected chi connectivity index (χ0v) is 14.5. The highest BCUT2D eigenvalue weighted by atomic mass is 19.1. The van der Waals surface area contributed by atoms with Gasteiger partial charge < -0.3 is 4.74 Å². The molecule has 1 aromatic carbocycles. The Kier molecular flexibility index (Phi) is 5.03. The normalized spacial score (nSPS) is 16.0. The van der Waals surface area contributed by atoms with Gasteiger partial charge in [0.15, 0.2) is 5.92 Å². The molecule has 0 bridgehead atoms. The number of hydrogen-bond acceptors (Lipinski definition) is 4. The molecule has 1 N–H and O–H groups in total. The molecule has 1 atom stereocenters. The van der Waals surface area contributed by atoms with E-state index in [1.54, 1.807) is 6.92 Å². The second-order valence-electron chi connectivity index (χ2n) is 5.75. The molecule has 2 amide bonds. The van der Waals surface area contributed by atoms with Crippen molar-refractivity contribution in [1.82, 2.24) is 15.4 Å². The zero-order chi connectivity index (χ0) is 19.6. The molecule has 2 heterocycles. The average Bonchev–Trinajstić information content (AvgIpc) is 2.90. The van der Waals surface area contributed by atoms with Crippen molar-refractivity contribution < 1.29 is 23.1 Å². The van der Waals surface area contributed by atoms with Crippen LogP contribution in [0.25, 0.3) is 0 Å². The minimum absolute atomic E-state index is 0.0583. The summed E-state index contributed by atoms with van der Waals surface area (Å²) in [5.74, 6) is 1.39. The first kappa shape index (κ1) is 18.3. The molecule has 1 fully saturated rings. The van der Waals surface area contributed by atoms with Crippen LogP contribution in [0.5, 0.6) is 5.75 Å². The van der Waals surface area contributed by atoms with Crippen LogP contribution in [0, 0.1) is 23.5 Å². The lowest BCUT2D eigenvalue weighted by molar-refractivity contribution is -0.131. The molecule has 6 nitrogen and oxygen atoms in total. The maximum absolute atomic E-state index is 14.7. The van der Waals surface area contributed by atoms with Crippen LogP contribution < -0.4 is 10.2 Å². The fourth-order valence-electron chi connectivity index (χ4n) is 2.81. The largest absolute Gasteiger partial charge is 0.496 e. The summed E-state index contributed by atoms with van der Waals surface area (Å²) in [5, 5.41) is 1.02. The number of methoxy groups -OCH3 is 1. The van der Waals surface area contributed by atoms with E-state index in [9.17, 15) is 18.4 Å². The van der Waals surface area contributed by atoms with Gasteiger partial charge in [0, 0.05) is 5.56 Å². The fourth-order valence-corrected chi connectivity index (χ4v) is 2.81. The monoisotopic (exact) mass is 371 g/mol. The minimum Gasteiger partial charge on any atom is -0.496 e. The third-order valence-corrected chi connectivity index (χ3v) is 4.00. The number of pyridine rings is 1. The number of nitrogens with zero attached hydrogens (tertiary/aromatic N) is 2. The Hall–Kier alpha value is -3.47. The van der Waals surface area contributed by atoms with E-state index in [1.165, 1.54) is 25.3 Å². The van der Waals surface area contributed by atoms with Crippen molar-refractivity contribution in [2.24, 2.45) is 0 Å². The van der Waals surface area contributed by atoms with Crippen LogP contribution >= 0.6 is 0 Å². The molecular formula is C19H15F2N3O3. The first-order chi connectivity index (χ1) is 12.9. The summed E-state index contributed by atoms with van der Waals surface area (Å²) < 4.78 is 32.8. The van der Waals surface area contributed by atoms with Crippen molar-refractivity contribution in [3.63, 3.8) is 0 Å². The van der Waals surface area contributed by atoms with Gasteiger partial charge in [0.1, 0.15) is 17.4 Å². The number of benzene rings is 1. The van der Waals surface area contributed by atoms with E-state index in [0.717, 1.165) is 17.3 Å². The first-order valence-electron chi connectivity index (χ1n) is 7.97. The third kappa shape index (κ3) is 3.58. The topological polar surface area (TPSA) is 71.5 Å². The Morgan fingerprint density at radius 2 is 2.07 bits per heavy atom. The molecule has 0 radical (unpaired) electrons. The van der Waals surface area contributed by atoms with Crippen molar-refractivity contribution in [3.05, 3.63) is 58.9 Å². The Morgan fingerprint density at radius 3 is 2.70 bits per heavy atom. The van der Waals surface area contributed by atoms with Gasteiger partial charge in [0.25, 0.3) is 11.8 Å². The standard InChI is InChI=1S/C19H15F2N3O3/c1-3-4-11-7-14(21)16(15(8-11)27-2)17-18(25)23-24(19(17)26)10-13-6-5-12(20)9-22-13/h5-9,17H,10H2,1-2H3,(H,23,25). The second-order valence-corrected chi connectivity index (χ2v) is 5.75. The summed E-state index contributed by atoms with van der Waals surface area (Å²) >= 11 is 0. The van der Waals surface area contributed by atoms with E-state index in [2.05, 4.69) is 22.3 Å². The number of carbonyl (C=O) groups excluding carboxylic acids is 2. The summed E-state index contributed by atoms with van der Waals surface area (Å²) in [6.07, 6.45) is 1.01. The smallest absolute Gasteiger partial charge is 0.258 e. The van der Waals surface area contributed by atoms with Gasteiger partial charge in [-0.15, -0.1) is 5.92 Å². The SMILES string of the molecule is CC#Cc1cc(F)c(C2C(=O)NN(Cc3ccc(F)cn3)C2=O)c(OC)c1. The lowest BCUT2D eigenvalue weighted by Crippen LogP contribution is -2.35. The number of hydrogen-bond donors (Lipinski definition) is 1. The minimum atomic E-state index is -1.40. The van der Waals surface area contributed by atoms with Crippen LogP contribution in [-0.4, -0.2) is 28.9 Å². The number of halogens is 2. The summed E-state index contributed by atoms with van der Waals surface area (Å²) in [6, 6.07) is 5.21. The van der Waals surface area contributed by atoms with Crippen LogP contribution in [0.4, 0.5) is 8.78 Å². The van der Waals surface area contributed by atoms with Crippen molar-refractivity contribution in [3.8, 4) is 17.6 Å². The molecule has 27 heavy (non-hydrogen) atoms. The highest BCUT2D eigenvalue weighted by Gasteiger charge is 2.43. The highest BCUT2D eigenvalue weighted by molar-refractivity contribution is 6.10. The van der Waals surface area contributed by atoms with Crippen LogP contribution in [0.1, 0.15) is 29.7 Å². The predicted molar refractivity (Wildman–Crippen MR) is 91.1 cm³/mol. The molecular weight excluding hydrogens is 356 g/mol. The number of ether oxygens (including phenoxy) is 1. The van der Waals surface area contributed by atoms with Gasteiger partial charge in [0.05, 0.1) is 31.1 Å². The van der Waals surface area contributed by atoms with E-state index in [0.29, 0.717) is 11.3 Å². The number of aromatic nitrogens is 1. The van der Waals surface area contributed by atoms with Gasteiger partial charge in [-0.05, 0) is 31.2 Å². The molecule has 0 spiro atoms. The molecule has 0 saturated carbocycles. The van der Waals surface area contributed by atoms with Gasteiger partial charge in [-0.25, -0.2) is 13.8 Å². The van der Waals surface area contributed by atoms with Gasteiger partial charge in [-0.3, -0.25) is 20.0 Å². The van der Waals surface area contributed by atoms with Gasteiger partial charge in [-0.2, -0.15) is 0 Å². The van der Waals surface area contributed by atoms with E-state index in [-0.39, 0.29) is 17.9 Å².